The molecule has 0 aliphatic carbocycles. The molecule has 20 heavy (non-hydrogen) atoms. The summed E-state index contributed by atoms with van der Waals surface area (Å²) in [5, 5.41) is 0. The van der Waals surface area contributed by atoms with Gasteiger partial charge in [-0.15, -0.1) is 0 Å². The van der Waals surface area contributed by atoms with E-state index < -0.39 is 0 Å². The average molecular weight is 271 g/mol. The molecule has 0 atom stereocenters. The lowest BCUT2D eigenvalue weighted by molar-refractivity contribution is 0.455. The number of nitrogen functional groups attached to an aromatic ring is 1. The lowest BCUT2D eigenvalue weighted by Crippen LogP contribution is -2.10. The van der Waals surface area contributed by atoms with Gasteiger partial charge in [0.05, 0.1) is 5.56 Å². The van der Waals surface area contributed by atoms with Crippen molar-refractivity contribution in [3.05, 3.63) is 41.7 Å². The SMILES string of the molecule is CCc1c(N)ncnc1Oc1ccc(C(C)(C)C)cc1. The second kappa shape index (κ2) is 5.49. The third-order valence-corrected chi connectivity index (χ3v) is 3.23. The van der Waals surface area contributed by atoms with Crippen molar-refractivity contribution in [1.29, 1.82) is 0 Å². The summed E-state index contributed by atoms with van der Waals surface area (Å²) in [5.41, 5.74) is 8.07. The largest absolute Gasteiger partial charge is 0.439 e. The Morgan fingerprint density at radius 1 is 1.10 bits per heavy atom. The van der Waals surface area contributed by atoms with Crippen LogP contribution in [0.3, 0.4) is 0 Å². The zero-order valence-corrected chi connectivity index (χ0v) is 12.5. The van der Waals surface area contributed by atoms with E-state index >= 15 is 0 Å². The Balaban J connectivity index is 2.25. The van der Waals surface area contributed by atoms with Gasteiger partial charge in [-0.3, -0.25) is 0 Å². The van der Waals surface area contributed by atoms with E-state index in [1.807, 2.05) is 19.1 Å². The van der Waals surface area contributed by atoms with Crippen LogP contribution < -0.4 is 10.5 Å². The fourth-order valence-electron chi connectivity index (χ4n) is 1.96. The maximum absolute atomic E-state index is 5.84. The summed E-state index contributed by atoms with van der Waals surface area (Å²) in [4.78, 5) is 8.15. The molecule has 2 rings (SSSR count). The Morgan fingerprint density at radius 2 is 1.75 bits per heavy atom. The minimum atomic E-state index is 0.131. The number of ether oxygens (including phenoxy) is 1. The number of nitrogens with zero attached hydrogens (tertiary/aromatic N) is 2. The molecule has 2 N–H and O–H groups in total. The molecule has 0 amide bonds. The molecule has 0 saturated carbocycles. The predicted molar refractivity (Wildman–Crippen MR) is 81.0 cm³/mol. The molecule has 4 nitrogen and oxygen atoms in total. The third-order valence-electron chi connectivity index (χ3n) is 3.23. The van der Waals surface area contributed by atoms with E-state index in [0.29, 0.717) is 11.7 Å². The molecule has 2 aromatic rings. The van der Waals surface area contributed by atoms with Crippen LogP contribution in [0, 0.1) is 0 Å². The fourth-order valence-corrected chi connectivity index (χ4v) is 1.96. The molecule has 0 radical (unpaired) electrons. The number of rotatable bonds is 3. The van der Waals surface area contributed by atoms with Crippen LogP contribution in [0.1, 0.15) is 38.8 Å². The molecule has 1 aromatic carbocycles. The van der Waals surface area contributed by atoms with Crippen molar-refractivity contribution in [2.24, 2.45) is 0 Å². The van der Waals surface area contributed by atoms with E-state index in [9.17, 15) is 0 Å². The van der Waals surface area contributed by atoms with Gasteiger partial charge in [-0.1, -0.05) is 39.8 Å². The molecule has 1 aromatic heterocycles. The third kappa shape index (κ3) is 3.07. The van der Waals surface area contributed by atoms with E-state index in [-0.39, 0.29) is 5.41 Å². The van der Waals surface area contributed by atoms with Gasteiger partial charge in [-0.25, -0.2) is 9.97 Å². The van der Waals surface area contributed by atoms with Gasteiger partial charge < -0.3 is 10.5 Å². The normalized spacial score (nSPS) is 11.4. The van der Waals surface area contributed by atoms with Crippen molar-refractivity contribution in [1.82, 2.24) is 9.97 Å². The predicted octanol–water partition coefficient (Wildman–Crippen LogP) is 3.71. The molecule has 106 valence electrons. The average Bonchev–Trinajstić information content (AvgIpc) is 2.38. The lowest BCUT2D eigenvalue weighted by atomic mass is 9.87. The maximum Gasteiger partial charge on any atom is 0.227 e. The van der Waals surface area contributed by atoms with Crippen molar-refractivity contribution in [2.45, 2.75) is 39.5 Å². The number of hydrogen-bond donors (Lipinski definition) is 1. The maximum atomic E-state index is 5.84. The van der Waals surface area contributed by atoms with Crippen molar-refractivity contribution < 1.29 is 4.74 Å². The summed E-state index contributed by atoms with van der Waals surface area (Å²) in [6, 6.07) is 8.06. The van der Waals surface area contributed by atoms with Gasteiger partial charge >= 0.3 is 0 Å². The van der Waals surface area contributed by atoms with Gasteiger partial charge in [0.2, 0.25) is 5.88 Å². The van der Waals surface area contributed by atoms with E-state index in [0.717, 1.165) is 17.7 Å². The molecule has 1 heterocycles. The number of benzene rings is 1. The number of nitrogens with two attached hydrogens (primary N) is 1. The van der Waals surface area contributed by atoms with Crippen LogP contribution in [0.2, 0.25) is 0 Å². The molecule has 0 spiro atoms. The van der Waals surface area contributed by atoms with Crippen molar-refractivity contribution in [3.8, 4) is 11.6 Å². The van der Waals surface area contributed by atoms with Crippen molar-refractivity contribution in [2.75, 3.05) is 5.73 Å². The molecule has 0 fully saturated rings. The van der Waals surface area contributed by atoms with E-state index in [1.54, 1.807) is 0 Å². The highest BCUT2D eigenvalue weighted by molar-refractivity contribution is 5.46. The summed E-state index contributed by atoms with van der Waals surface area (Å²) < 4.78 is 5.82. The zero-order chi connectivity index (χ0) is 14.8. The Bertz CT molecular complexity index is 586. The van der Waals surface area contributed by atoms with Gasteiger partial charge in [-0.05, 0) is 29.5 Å². The van der Waals surface area contributed by atoms with Gasteiger partial charge in [-0.2, -0.15) is 0 Å². The van der Waals surface area contributed by atoms with Crippen LogP contribution in [-0.2, 0) is 11.8 Å². The molecule has 0 unspecified atom stereocenters. The van der Waals surface area contributed by atoms with Gasteiger partial charge in [0, 0.05) is 0 Å². The number of anilines is 1. The minimum Gasteiger partial charge on any atom is -0.439 e. The highest BCUT2D eigenvalue weighted by Gasteiger charge is 2.14. The first-order chi connectivity index (χ1) is 9.41. The van der Waals surface area contributed by atoms with Crippen LogP contribution in [-0.4, -0.2) is 9.97 Å². The standard InChI is InChI=1S/C16H21N3O/c1-5-13-14(17)18-10-19-15(13)20-12-8-6-11(7-9-12)16(2,3)4/h6-10H,5H2,1-4H3,(H2,17,18,19). The first-order valence-corrected chi connectivity index (χ1v) is 6.79. The second-order valence-electron chi connectivity index (χ2n) is 5.77. The summed E-state index contributed by atoms with van der Waals surface area (Å²) >= 11 is 0. The molecule has 4 heteroatoms. The Kier molecular flexibility index (Phi) is 3.93. The minimum absolute atomic E-state index is 0.131. The first-order valence-electron chi connectivity index (χ1n) is 6.79. The van der Waals surface area contributed by atoms with Crippen LogP contribution in [0.25, 0.3) is 0 Å². The Morgan fingerprint density at radius 3 is 2.30 bits per heavy atom. The molecular weight excluding hydrogens is 250 g/mol. The summed E-state index contributed by atoms with van der Waals surface area (Å²) in [6.07, 6.45) is 2.16. The van der Waals surface area contributed by atoms with Crippen molar-refractivity contribution >= 4 is 5.82 Å². The Labute approximate surface area is 120 Å². The van der Waals surface area contributed by atoms with E-state index in [1.165, 1.54) is 11.9 Å². The molecule has 0 aliphatic heterocycles. The molecular formula is C16H21N3O. The number of aromatic nitrogens is 2. The zero-order valence-electron chi connectivity index (χ0n) is 12.5. The monoisotopic (exact) mass is 271 g/mol. The summed E-state index contributed by atoms with van der Waals surface area (Å²) in [6.45, 7) is 8.56. The molecule has 0 saturated heterocycles. The first kappa shape index (κ1) is 14.3. The smallest absolute Gasteiger partial charge is 0.227 e. The van der Waals surface area contributed by atoms with Gasteiger partial charge in [0.25, 0.3) is 0 Å². The summed E-state index contributed by atoms with van der Waals surface area (Å²) in [7, 11) is 0. The molecule has 0 aliphatic rings. The van der Waals surface area contributed by atoms with Gasteiger partial charge in [0.15, 0.2) is 0 Å². The highest BCUT2D eigenvalue weighted by atomic mass is 16.5. The summed E-state index contributed by atoms with van der Waals surface area (Å²) in [5.74, 6) is 1.76. The lowest BCUT2D eigenvalue weighted by Gasteiger charge is -2.19. The topological polar surface area (TPSA) is 61.0 Å². The van der Waals surface area contributed by atoms with Crippen LogP contribution >= 0.6 is 0 Å². The van der Waals surface area contributed by atoms with Crippen LogP contribution in [0.5, 0.6) is 11.6 Å². The highest BCUT2D eigenvalue weighted by Crippen LogP contribution is 2.28. The number of hydrogen-bond acceptors (Lipinski definition) is 4. The van der Waals surface area contributed by atoms with Gasteiger partial charge in [0.1, 0.15) is 17.9 Å². The van der Waals surface area contributed by atoms with Crippen LogP contribution in [0.15, 0.2) is 30.6 Å². The van der Waals surface area contributed by atoms with Crippen molar-refractivity contribution in [3.63, 3.8) is 0 Å². The molecule has 0 bridgehead atoms. The van der Waals surface area contributed by atoms with Crippen LogP contribution in [0.4, 0.5) is 5.82 Å². The quantitative estimate of drug-likeness (QED) is 0.924. The van der Waals surface area contributed by atoms with E-state index in [2.05, 4.69) is 42.9 Å². The Hall–Kier alpha value is -2.10. The fraction of sp³-hybridized carbons (Fsp3) is 0.375. The van der Waals surface area contributed by atoms with E-state index in [4.69, 9.17) is 10.5 Å². The second-order valence-corrected chi connectivity index (χ2v) is 5.77.